The first-order valence-electron chi connectivity index (χ1n) is 15.4. The lowest BCUT2D eigenvalue weighted by atomic mass is 9.90. The molecule has 0 aliphatic carbocycles. The molecule has 44 heavy (non-hydrogen) atoms. The van der Waals surface area contributed by atoms with Gasteiger partial charge in [-0.15, -0.1) is 0 Å². The molecule has 0 radical (unpaired) electrons. The maximum atomic E-state index is 12.5. The summed E-state index contributed by atoms with van der Waals surface area (Å²) in [5, 5.41) is 22.6. The second kappa shape index (κ2) is 13.8. The number of likely N-dealkylation sites (tertiary alicyclic amines) is 1. The van der Waals surface area contributed by atoms with Crippen LogP contribution in [0.25, 0.3) is 11.1 Å². The van der Waals surface area contributed by atoms with E-state index in [2.05, 4.69) is 53.5 Å². The topological polar surface area (TPSA) is 91.3 Å². The maximum absolute atomic E-state index is 12.5. The van der Waals surface area contributed by atoms with Crippen LogP contribution in [0.1, 0.15) is 58.4 Å². The molecule has 0 saturated carbocycles. The van der Waals surface area contributed by atoms with Gasteiger partial charge in [0.15, 0.2) is 6.29 Å². The summed E-state index contributed by atoms with van der Waals surface area (Å²) in [6, 6.07) is 33.6. The standard InChI is InChI=1S/C37H40N2O5/c1-25-34(23-39-19-18-33(41)22-39)43-37(44-35(25)29-12-10-26(24-40)11-13-29)31-16-14-28(15-17-31)32-9-5-6-27(20-32)21-38-36(42)30-7-3-2-4-8-30/h2-17,20,25,33-35,37,40-41H,18-19,21-24H2,1H3,(H,38,42)/t25-,33+,34+,35+,37+/m1/s1. The molecule has 0 bridgehead atoms. The molecule has 2 aliphatic heterocycles. The molecule has 2 aliphatic rings. The van der Waals surface area contributed by atoms with Gasteiger partial charge >= 0.3 is 0 Å². The Morgan fingerprint density at radius 3 is 2.32 bits per heavy atom. The fraction of sp³-hybridized carbons (Fsp3) is 0.324. The normalized spacial score (nSPS) is 23.8. The number of aliphatic hydroxyl groups is 2. The number of β-amino-alcohol motifs (C(OH)–C–C–N with tert-alkyl or cyclic N) is 1. The lowest BCUT2D eigenvalue weighted by molar-refractivity contribution is -0.276. The smallest absolute Gasteiger partial charge is 0.251 e. The van der Waals surface area contributed by atoms with Gasteiger partial charge in [-0.1, -0.05) is 91.9 Å². The lowest BCUT2D eigenvalue weighted by Crippen LogP contribution is -2.44. The molecule has 2 fully saturated rings. The number of rotatable bonds is 9. The quantitative estimate of drug-likeness (QED) is 0.233. The van der Waals surface area contributed by atoms with Crippen LogP contribution in [0, 0.1) is 5.92 Å². The third-order valence-electron chi connectivity index (χ3n) is 8.74. The summed E-state index contributed by atoms with van der Waals surface area (Å²) >= 11 is 0. The van der Waals surface area contributed by atoms with Gasteiger partial charge in [-0.3, -0.25) is 9.69 Å². The number of hydrogen-bond donors (Lipinski definition) is 3. The highest BCUT2D eigenvalue weighted by Crippen LogP contribution is 2.42. The maximum Gasteiger partial charge on any atom is 0.251 e. The Morgan fingerprint density at radius 1 is 0.864 bits per heavy atom. The van der Waals surface area contributed by atoms with Crippen molar-refractivity contribution in [1.29, 1.82) is 0 Å². The Balaban J connectivity index is 1.17. The predicted octanol–water partition coefficient (Wildman–Crippen LogP) is 5.63. The van der Waals surface area contributed by atoms with Gasteiger partial charge in [-0.05, 0) is 52.4 Å². The summed E-state index contributed by atoms with van der Waals surface area (Å²) in [4.78, 5) is 14.8. The number of hydrogen-bond acceptors (Lipinski definition) is 6. The summed E-state index contributed by atoms with van der Waals surface area (Å²) in [6.07, 6.45) is -0.297. The zero-order chi connectivity index (χ0) is 30.5. The van der Waals surface area contributed by atoms with E-state index >= 15 is 0 Å². The summed E-state index contributed by atoms with van der Waals surface area (Å²) in [5.74, 6) is -0.00243. The number of benzene rings is 4. The first kappa shape index (κ1) is 30.2. The van der Waals surface area contributed by atoms with Crippen molar-refractivity contribution >= 4 is 5.91 Å². The zero-order valence-corrected chi connectivity index (χ0v) is 25.0. The van der Waals surface area contributed by atoms with Gasteiger partial charge in [0, 0.05) is 43.2 Å². The van der Waals surface area contributed by atoms with Gasteiger partial charge in [0.1, 0.15) is 0 Å². The molecule has 5 atom stereocenters. The molecule has 4 aromatic carbocycles. The molecule has 7 heteroatoms. The van der Waals surface area contributed by atoms with Crippen molar-refractivity contribution in [1.82, 2.24) is 10.2 Å². The molecule has 0 unspecified atom stereocenters. The van der Waals surface area contributed by atoms with Crippen LogP contribution in [0.4, 0.5) is 0 Å². The largest absolute Gasteiger partial charge is 0.392 e. The third-order valence-corrected chi connectivity index (χ3v) is 8.74. The molecule has 6 rings (SSSR count). The molecular weight excluding hydrogens is 552 g/mol. The van der Waals surface area contributed by atoms with Crippen molar-refractivity contribution < 1.29 is 24.5 Å². The zero-order valence-electron chi connectivity index (χ0n) is 25.0. The lowest BCUT2D eigenvalue weighted by Gasteiger charge is -2.42. The summed E-state index contributed by atoms with van der Waals surface area (Å²) in [5.41, 5.74) is 6.66. The number of nitrogens with zero attached hydrogens (tertiary/aromatic N) is 1. The first-order chi connectivity index (χ1) is 21.5. The number of nitrogens with one attached hydrogen (secondary N) is 1. The number of carbonyl (C=O) groups excluding carboxylic acids is 1. The Hall–Kier alpha value is -3.85. The van der Waals surface area contributed by atoms with Gasteiger partial charge in [0.25, 0.3) is 5.91 Å². The highest BCUT2D eigenvalue weighted by atomic mass is 16.7. The van der Waals surface area contributed by atoms with E-state index in [-0.39, 0.29) is 36.7 Å². The van der Waals surface area contributed by atoms with Crippen molar-refractivity contribution in [2.75, 3.05) is 19.6 Å². The van der Waals surface area contributed by atoms with E-state index < -0.39 is 6.29 Å². The number of amides is 1. The SMILES string of the molecule is C[C@@H]1[C@H](CN2CC[C@H](O)C2)O[C@H](c2ccc(-c3cccc(CNC(=O)c4ccccc4)c3)cc2)O[C@@H]1c1ccc(CO)cc1. The Bertz CT molecular complexity index is 1530. The summed E-state index contributed by atoms with van der Waals surface area (Å²) in [6.45, 7) is 4.87. The van der Waals surface area contributed by atoms with Gasteiger partial charge in [0.05, 0.1) is 24.9 Å². The van der Waals surface area contributed by atoms with E-state index in [4.69, 9.17) is 9.47 Å². The third kappa shape index (κ3) is 7.09. The monoisotopic (exact) mass is 592 g/mol. The molecular formula is C37H40N2O5. The van der Waals surface area contributed by atoms with Crippen molar-refractivity contribution in [3.8, 4) is 11.1 Å². The fourth-order valence-electron chi connectivity index (χ4n) is 6.13. The van der Waals surface area contributed by atoms with Crippen molar-refractivity contribution in [2.45, 2.75) is 51.1 Å². The van der Waals surface area contributed by atoms with Crippen LogP contribution in [-0.2, 0) is 22.6 Å². The van der Waals surface area contributed by atoms with Crippen molar-refractivity contribution in [2.24, 2.45) is 5.92 Å². The van der Waals surface area contributed by atoms with Crippen LogP contribution < -0.4 is 5.32 Å². The van der Waals surface area contributed by atoms with Crippen LogP contribution in [0.3, 0.4) is 0 Å². The van der Waals surface area contributed by atoms with Crippen LogP contribution in [0.15, 0.2) is 103 Å². The molecule has 0 aromatic heterocycles. The van der Waals surface area contributed by atoms with Gasteiger partial charge < -0.3 is 25.0 Å². The van der Waals surface area contributed by atoms with E-state index in [0.29, 0.717) is 18.7 Å². The number of ether oxygens (including phenoxy) is 2. The number of aliphatic hydroxyl groups excluding tert-OH is 2. The Labute approximate surface area is 259 Å². The summed E-state index contributed by atoms with van der Waals surface area (Å²) < 4.78 is 13.2. The summed E-state index contributed by atoms with van der Waals surface area (Å²) in [7, 11) is 0. The Kier molecular flexibility index (Phi) is 9.50. The molecule has 0 spiro atoms. The van der Waals surface area contributed by atoms with E-state index in [1.165, 1.54) is 0 Å². The number of carbonyl (C=O) groups is 1. The van der Waals surface area contributed by atoms with Crippen molar-refractivity contribution in [3.63, 3.8) is 0 Å². The molecule has 4 aromatic rings. The van der Waals surface area contributed by atoms with Crippen LogP contribution >= 0.6 is 0 Å². The van der Waals surface area contributed by atoms with E-state index in [1.807, 2.05) is 66.7 Å². The highest BCUT2D eigenvalue weighted by Gasteiger charge is 2.39. The van der Waals surface area contributed by atoms with E-state index in [9.17, 15) is 15.0 Å². The second-order valence-corrected chi connectivity index (χ2v) is 11.9. The molecule has 1 amide bonds. The molecule has 7 nitrogen and oxygen atoms in total. The predicted molar refractivity (Wildman–Crippen MR) is 170 cm³/mol. The van der Waals surface area contributed by atoms with Crippen molar-refractivity contribution in [3.05, 3.63) is 131 Å². The molecule has 2 saturated heterocycles. The minimum Gasteiger partial charge on any atom is -0.392 e. The molecule has 228 valence electrons. The van der Waals surface area contributed by atoms with Gasteiger partial charge in [0.2, 0.25) is 0 Å². The minimum absolute atomic E-state index is 0.00455. The second-order valence-electron chi connectivity index (χ2n) is 11.9. The van der Waals surface area contributed by atoms with Crippen LogP contribution in [-0.4, -0.2) is 52.9 Å². The molecule has 2 heterocycles. The Morgan fingerprint density at radius 2 is 1.61 bits per heavy atom. The van der Waals surface area contributed by atoms with Gasteiger partial charge in [-0.2, -0.15) is 0 Å². The highest BCUT2D eigenvalue weighted by molar-refractivity contribution is 5.94. The average Bonchev–Trinajstić information content (AvgIpc) is 3.49. The van der Waals surface area contributed by atoms with Crippen LogP contribution in [0.5, 0.6) is 0 Å². The van der Waals surface area contributed by atoms with Gasteiger partial charge in [-0.25, -0.2) is 0 Å². The fourth-order valence-corrected chi connectivity index (χ4v) is 6.13. The average molecular weight is 593 g/mol. The minimum atomic E-state index is -0.542. The first-order valence-corrected chi connectivity index (χ1v) is 15.4. The van der Waals surface area contributed by atoms with E-state index in [1.54, 1.807) is 0 Å². The van der Waals surface area contributed by atoms with Crippen LogP contribution in [0.2, 0.25) is 0 Å². The molecule has 3 N–H and O–H groups in total. The van der Waals surface area contributed by atoms with E-state index in [0.717, 1.165) is 52.9 Å².